The molecule has 3 heteroatoms. The Labute approximate surface area is 109 Å². The van der Waals surface area contributed by atoms with Crippen molar-refractivity contribution in [1.29, 1.82) is 0 Å². The molecule has 2 rings (SSSR count). The van der Waals surface area contributed by atoms with Crippen molar-refractivity contribution in [1.82, 2.24) is 5.32 Å². The maximum atomic E-state index is 6.03. The van der Waals surface area contributed by atoms with Gasteiger partial charge in [0.2, 0.25) is 0 Å². The Hall–Kier alpha value is -1.06. The van der Waals surface area contributed by atoms with Crippen LogP contribution < -0.4 is 10.1 Å². The van der Waals surface area contributed by atoms with Crippen molar-refractivity contribution >= 4 is 0 Å². The monoisotopic (exact) mass is 249 g/mol. The zero-order valence-corrected chi connectivity index (χ0v) is 11.4. The fourth-order valence-electron chi connectivity index (χ4n) is 2.23. The molecule has 0 amide bonds. The number of nitrogens with one attached hydrogen (secondary N) is 1. The summed E-state index contributed by atoms with van der Waals surface area (Å²) in [7, 11) is 0. The summed E-state index contributed by atoms with van der Waals surface area (Å²) >= 11 is 0. The van der Waals surface area contributed by atoms with Crippen LogP contribution in [0.25, 0.3) is 0 Å². The SMILES string of the molecule is CCNCc1cccc(C)c1OCC1CCOC1. The maximum Gasteiger partial charge on any atom is 0.126 e. The van der Waals surface area contributed by atoms with Gasteiger partial charge >= 0.3 is 0 Å². The molecule has 1 aliphatic rings. The highest BCUT2D eigenvalue weighted by Gasteiger charge is 2.17. The molecule has 1 aromatic rings. The summed E-state index contributed by atoms with van der Waals surface area (Å²) in [5.41, 5.74) is 2.46. The third kappa shape index (κ3) is 3.47. The molecule has 3 nitrogen and oxygen atoms in total. The van der Waals surface area contributed by atoms with Gasteiger partial charge in [0, 0.05) is 24.6 Å². The molecule has 0 bridgehead atoms. The molecule has 1 fully saturated rings. The molecule has 0 spiro atoms. The van der Waals surface area contributed by atoms with Gasteiger partial charge < -0.3 is 14.8 Å². The number of ether oxygens (including phenoxy) is 2. The minimum Gasteiger partial charge on any atom is -0.493 e. The van der Waals surface area contributed by atoms with E-state index in [-0.39, 0.29) is 0 Å². The van der Waals surface area contributed by atoms with Crippen LogP contribution in [0.4, 0.5) is 0 Å². The van der Waals surface area contributed by atoms with E-state index >= 15 is 0 Å². The van der Waals surface area contributed by atoms with Crippen LogP contribution in [-0.4, -0.2) is 26.4 Å². The second-order valence-corrected chi connectivity index (χ2v) is 4.88. The van der Waals surface area contributed by atoms with E-state index in [4.69, 9.17) is 9.47 Å². The quantitative estimate of drug-likeness (QED) is 0.840. The first-order chi connectivity index (χ1) is 8.81. The van der Waals surface area contributed by atoms with Crippen LogP contribution in [0.3, 0.4) is 0 Å². The van der Waals surface area contributed by atoms with Crippen LogP contribution in [0.1, 0.15) is 24.5 Å². The first-order valence-electron chi connectivity index (χ1n) is 6.81. The Bertz CT molecular complexity index is 373. The summed E-state index contributed by atoms with van der Waals surface area (Å²) in [4.78, 5) is 0. The lowest BCUT2D eigenvalue weighted by Crippen LogP contribution is -2.16. The molecule has 100 valence electrons. The molecule has 0 aromatic heterocycles. The number of hydrogen-bond acceptors (Lipinski definition) is 3. The minimum atomic E-state index is 0.552. The van der Waals surface area contributed by atoms with Gasteiger partial charge in [0.25, 0.3) is 0 Å². The highest BCUT2D eigenvalue weighted by Crippen LogP contribution is 2.25. The molecule has 1 heterocycles. The van der Waals surface area contributed by atoms with Gasteiger partial charge in [-0.25, -0.2) is 0 Å². The Morgan fingerprint density at radius 2 is 2.33 bits per heavy atom. The molecule has 1 aliphatic heterocycles. The van der Waals surface area contributed by atoms with Crippen molar-refractivity contribution in [3.05, 3.63) is 29.3 Å². The molecule has 1 aromatic carbocycles. The van der Waals surface area contributed by atoms with Crippen LogP contribution in [0.5, 0.6) is 5.75 Å². The third-order valence-corrected chi connectivity index (χ3v) is 3.35. The minimum absolute atomic E-state index is 0.552. The summed E-state index contributed by atoms with van der Waals surface area (Å²) in [5.74, 6) is 1.60. The number of rotatable bonds is 6. The van der Waals surface area contributed by atoms with Crippen LogP contribution in [0.2, 0.25) is 0 Å². The molecule has 1 unspecified atom stereocenters. The van der Waals surface area contributed by atoms with E-state index in [1.54, 1.807) is 0 Å². The average molecular weight is 249 g/mol. The summed E-state index contributed by atoms with van der Waals surface area (Å²) in [5, 5.41) is 3.36. The Morgan fingerprint density at radius 3 is 3.06 bits per heavy atom. The van der Waals surface area contributed by atoms with Crippen LogP contribution in [-0.2, 0) is 11.3 Å². The van der Waals surface area contributed by atoms with Crippen molar-refractivity contribution < 1.29 is 9.47 Å². The van der Waals surface area contributed by atoms with Gasteiger partial charge in [-0.15, -0.1) is 0 Å². The van der Waals surface area contributed by atoms with Crippen molar-refractivity contribution in [2.45, 2.75) is 26.8 Å². The molecule has 1 atom stereocenters. The van der Waals surface area contributed by atoms with E-state index in [9.17, 15) is 0 Å². The Balaban J connectivity index is 1.99. The Morgan fingerprint density at radius 1 is 1.44 bits per heavy atom. The maximum absolute atomic E-state index is 6.03. The van der Waals surface area contributed by atoms with E-state index in [0.717, 1.165) is 45.1 Å². The number of hydrogen-bond donors (Lipinski definition) is 1. The number of aryl methyl sites for hydroxylation is 1. The van der Waals surface area contributed by atoms with Crippen molar-refractivity contribution in [3.63, 3.8) is 0 Å². The normalized spacial score (nSPS) is 19.1. The first-order valence-corrected chi connectivity index (χ1v) is 6.81. The fraction of sp³-hybridized carbons (Fsp3) is 0.600. The summed E-state index contributed by atoms with van der Waals surface area (Å²) in [6.45, 7) is 8.56. The van der Waals surface area contributed by atoms with Gasteiger partial charge in [-0.1, -0.05) is 25.1 Å². The summed E-state index contributed by atoms with van der Waals surface area (Å²) in [6, 6.07) is 6.33. The lowest BCUT2D eigenvalue weighted by molar-refractivity contribution is 0.166. The van der Waals surface area contributed by atoms with Crippen LogP contribution in [0.15, 0.2) is 18.2 Å². The second kappa shape index (κ2) is 6.76. The molecular weight excluding hydrogens is 226 g/mol. The van der Waals surface area contributed by atoms with Gasteiger partial charge in [-0.05, 0) is 25.5 Å². The van der Waals surface area contributed by atoms with Crippen molar-refractivity contribution in [2.24, 2.45) is 5.92 Å². The third-order valence-electron chi connectivity index (χ3n) is 3.35. The lowest BCUT2D eigenvalue weighted by Gasteiger charge is -2.16. The molecule has 0 saturated carbocycles. The van der Waals surface area contributed by atoms with E-state index in [2.05, 4.69) is 37.4 Å². The zero-order chi connectivity index (χ0) is 12.8. The van der Waals surface area contributed by atoms with Crippen molar-refractivity contribution in [2.75, 3.05) is 26.4 Å². The molecular formula is C15H23NO2. The molecule has 1 saturated heterocycles. The van der Waals surface area contributed by atoms with Crippen LogP contribution >= 0.6 is 0 Å². The molecule has 18 heavy (non-hydrogen) atoms. The number of para-hydroxylation sites is 1. The first kappa shape index (κ1) is 13.4. The van der Waals surface area contributed by atoms with Crippen LogP contribution in [0, 0.1) is 12.8 Å². The van der Waals surface area contributed by atoms with E-state index in [1.165, 1.54) is 11.1 Å². The molecule has 0 radical (unpaired) electrons. The predicted molar refractivity (Wildman–Crippen MR) is 73.0 cm³/mol. The zero-order valence-electron chi connectivity index (χ0n) is 11.4. The van der Waals surface area contributed by atoms with Gasteiger partial charge in [-0.2, -0.15) is 0 Å². The van der Waals surface area contributed by atoms with Gasteiger partial charge in [0.05, 0.1) is 13.2 Å². The van der Waals surface area contributed by atoms with Gasteiger partial charge in [-0.3, -0.25) is 0 Å². The fourth-order valence-corrected chi connectivity index (χ4v) is 2.23. The molecule has 1 N–H and O–H groups in total. The number of benzene rings is 1. The predicted octanol–water partition coefficient (Wildman–Crippen LogP) is 2.52. The standard InChI is InChI=1S/C15H23NO2/c1-3-16-9-14-6-4-5-12(2)15(14)18-11-13-7-8-17-10-13/h4-6,13,16H,3,7-11H2,1-2H3. The van der Waals surface area contributed by atoms with E-state index in [1.807, 2.05) is 0 Å². The van der Waals surface area contributed by atoms with Gasteiger partial charge in [0.15, 0.2) is 0 Å². The smallest absolute Gasteiger partial charge is 0.126 e. The topological polar surface area (TPSA) is 30.5 Å². The molecule has 0 aliphatic carbocycles. The largest absolute Gasteiger partial charge is 0.493 e. The summed E-state index contributed by atoms with van der Waals surface area (Å²) < 4.78 is 11.4. The second-order valence-electron chi connectivity index (χ2n) is 4.88. The highest BCUT2D eigenvalue weighted by molar-refractivity contribution is 5.40. The van der Waals surface area contributed by atoms with Crippen molar-refractivity contribution in [3.8, 4) is 5.75 Å². The average Bonchev–Trinajstić information content (AvgIpc) is 2.88. The van der Waals surface area contributed by atoms with E-state index < -0.39 is 0 Å². The lowest BCUT2D eigenvalue weighted by atomic mass is 10.1. The van der Waals surface area contributed by atoms with E-state index in [0.29, 0.717) is 5.92 Å². The van der Waals surface area contributed by atoms with Gasteiger partial charge in [0.1, 0.15) is 5.75 Å². The highest BCUT2D eigenvalue weighted by atomic mass is 16.5. The summed E-state index contributed by atoms with van der Waals surface area (Å²) in [6.07, 6.45) is 1.12. The Kier molecular flexibility index (Phi) is 5.02.